The molecule has 2 N–H and O–H groups in total. The van der Waals surface area contributed by atoms with Crippen LogP contribution < -0.4 is 15.0 Å². The van der Waals surface area contributed by atoms with Gasteiger partial charge in [0.1, 0.15) is 12.4 Å². The lowest BCUT2D eigenvalue weighted by Gasteiger charge is -2.30. The van der Waals surface area contributed by atoms with E-state index in [2.05, 4.69) is 10.2 Å². The molecule has 7 heteroatoms. The van der Waals surface area contributed by atoms with Crippen molar-refractivity contribution < 1.29 is 19.4 Å². The normalized spacial score (nSPS) is 13.6. The van der Waals surface area contributed by atoms with Gasteiger partial charge in [-0.25, -0.2) is 4.79 Å². The second-order valence-corrected chi connectivity index (χ2v) is 7.92. The van der Waals surface area contributed by atoms with E-state index in [0.29, 0.717) is 44.5 Å². The first-order chi connectivity index (χ1) is 15.6. The lowest BCUT2D eigenvalue weighted by atomic mass is 10.1. The summed E-state index contributed by atoms with van der Waals surface area (Å²) < 4.78 is 11.3. The van der Waals surface area contributed by atoms with Crippen LogP contribution in [-0.2, 0) is 17.9 Å². The van der Waals surface area contributed by atoms with Crippen LogP contribution in [0.5, 0.6) is 5.75 Å². The summed E-state index contributed by atoms with van der Waals surface area (Å²) in [4.78, 5) is 13.9. The lowest BCUT2D eigenvalue weighted by molar-refractivity contribution is 0.0696. The van der Waals surface area contributed by atoms with E-state index in [-0.39, 0.29) is 5.56 Å². The summed E-state index contributed by atoms with van der Waals surface area (Å²) in [5.74, 6) is -0.191. The summed E-state index contributed by atoms with van der Waals surface area (Å²) in [5.41, 5.74) is 3.71. The molecule has 0 aliphatic carbocycles. The number of morpholine rings is 1. The maximum atomic E-state index is 11.8. The Morgan fingerprint density at radius 1 is 1.06 bits per heavy atom. The van der Waals surface area contributed by atoms with Crippen LogP contribution in [0.1, 0.15) is 21.5 Å². The van der Waals surface area contributed by atoms with E-state index in [1.165, 1.54) is 0 Å². The Morgan fingerprint density at radius 3 is 2.66 bits per heavy atom. The van der Waals surface area contributed by atoms with Crippen molar-refractivity contribution in [2.45, 2.75) is 13.2 Å². The first-order valence-corrected chi connectivity index (χ1v) is 10.9. The molecule has 0 aromatic heterocycles. The molecule has 0 spiro atoms. The highest BCUT2D eigenvalue weighted by atomic mass is 35.5. The van der Waals surface area contributed by atoms with Crippen molar-refractivity contribution in [3.8, 4) is 5.75 Å². The van der Waals surface area contributed by atoms with Crippen molar-refractivity contribution in [2.24, 2.45) is 0 Å². The third-order valence-corrected chi connectivity index (χ3v) is 5.69. The minimum Gasteiger partial charge on any atom is -0.489 e. The van der Waals surface area contributed by atoms with Gasteiger partial charge in [-0.05, 0) is 42.0 Å². The second-order valence-electron chi connectivity index (χ2n) is 7.52. The van der Waals surface area contributed by atoms with E-state index in [1.54, 1.807) is 6.07 Å². The fourth-order valence-corrected chi connectivity index (χ4v) is 3.81. The zero-order valence-electron chi connectivity index (χ0n) is 17.6. The molecular weight excluding hydrogens is 428 g/mol. The molecule has 1 aliphatic rings. The number of nitrogens with one attached hydrogen (secondary N) is 1. The van der Waals surface area contributed by atoms with Crippen LogP contribution in [0.15, 0.2) is 66.7 Å². The Balaban J connectivity index is 1.41. The van der Waals surface area contributed by atoms with Crippen LogP contribution in [-0.4, -0.2) is 37.4 Å². The number of nitrogens with zero attached hydrogens (tertiary/aromatic N) is 1. The Bertz CT molecular complexity index is 1080. The number of benzene rings is 3. The molecular formula is C25H25ClN2O4. The second kappa shape index (κ2) is 10.4. The van der Waals surface area contributed by atoms with Gasteiger partial charge in [0.25, 0.3) is 0 Å². The average Bonchev–Trinajstić information content (AvgIpc) is 2.83. The molecule has 0 unspecified atom stereocenters. The summed E-state index contributed by atoms with van der Waals surface area (Å²) in [6.45, 7) is 3.52. The number of hydrogen-bond donors (Lipinski definition) is 2. The molecule has 1 fully saturated rings. The molecule has 0 bridgehead atoms. The number of halogens is 1. The fourth-order valence-electron chi connectivity index (χ4n) is 3.62. The molecule has 0 atom stereocenters. The minimum absolute atomic E-state index is 0.286. The third-order valence-electron chi connectivity index (χ3n) is 5.33. The van der Waals surface area contributed by atoms with E-state index >= 15 is 0 Å². The van der Waals surface area contributed by atoms with Crippen LogP contribution in [0.25, 0.3) is 0 Å². The third kappa shape index (κ3) is 5.52. The van der Waals surface area contributed by atoms with Crippen molar-refractivity contribution in [1.29, 1.82) is 0 Å². The van der Waals surface area contributed by atoms with Crippen LogP contribution in [0.4, 0.5) is 11.4 Å². The van der Waals surface area contributed by atoms with E-state index < -0.39 is 5.97 Å². The minimum atomic E-state index is -0.940. The molecule has 1 saturated heterocycles. The first-order valence-electron chi connectivity index (χ1n) is 10.5. The summed E-state index contributed by atoms with van der Waals surface area (Å²) >= 11 is 6.19. The van der Waals surface area contributed by atoms with Gasteiger partial charge in [-0.3, -0.25) is 0 Å². The molecule has 1 aliphatic heterocycles. The zero-order valence-corrected chi connectivity index (χ0v) is 18.3. The standard InChI is InChI=1S/C25H25ClN2O4/c26-23-7-2-1-5-19(23)17-32-21-6-3-4-18(14-21)16-27-20-8-9-24(22(15-20)25(29)30)28-10-12-31-13-11-28/h1-9,14-15,27H,10-13,16-17H2,(H,29,30). The SMILES string of the molecule is O=C(O)c1cc(NCc2cccc(OCc3ccccc3Cl)c2)ccc1N1CCOCC1. The molecule has 166 valence electrons. The average molecular weight is 453 g/mol. The van der Waals surface area contributed by atoms with Crippen molar-refractivity contribution in [3.05, 3.63) is 88.4 Å². The number of rotatable bonds is 8. The molecule has 32 heavy (non-hydrogen) atoms. The van der Waals surface area contributed by atoms with Gasteiger partial charge in [-0.1, -0.05) is 41.9 Å². The number of carboxylic acids is 1. The molecule has 0 amide bonds. The molecule has 4 rings (SSSR count). The fraction of sp³-hybridized carbons (Fsp3) is 0.240. The molecule has 3 aromatic carbocycles. The van der Waals surface area contributed by atoms with Crippen LogP contribution in [0.2, 0.25) is 5.02 Å². The Hall–Kier alpha value is -3.22. The Kier molecular flexibility index (Phi) is 7.14. The number of ether oxygens (including phenoxy) is 2. The first kappa shape index (κ1) is 22.0. The van der Waals surface area contributed by atoms with Crippen LogP contribution in [0.3, 0.4) is 0 Å². The number of carbonyl (C=O) groups is 1. The van der Waals surface area contributed by atoms with Gasteiger partial charge < -0.3 is 24.8 Å². The molecule has 6 nitrogen and oxygen atoms in total. The summed E-state index contributed by atoms with van der Waals surface area (Å²) in [6.07, 6.45) is 0. The van der Waals surface area contributed by atoms with Crippen molar-refractivity contribution in [1.82, 2.24) is 0 Å². The Morgan fingerprint density at radius 2 is 1.88 bits per heavy atom. The van der Waals surface area contributed by atoms with Crippen molar-refractivity contribution >= 4 is 28.9 Å². The summed E-state index contributed by atoms with van der Waals surface area (Å²) in [6, 6.07) is 20.9. The zero-order chi connectivity index (χ0) is 22.3. The predicted octanol–water partition coefficient (Wildman–Crippen LogP) is 5.07. The van der Waals surface area contributed by atoms with Crippen LogP contribution in [0, 0.1) is 0 Å². The number of anilines is 2. The number of hydrogen-bond acceptors (Lipinski definition) is 5. The highest BCUT2D eigenvalue weighted by Crippen LogP contribution is 2.26. The largest absolute Gasteiger partial charge is 0.489 e. The van der Waals surface area contributed by atoms with E-state index in [4.69, 9.17) is 21.1 Å². The van der Waals surface area contributed by atoms with Gasteiger partial charge in [0.05, 0.1) is 24.5 Å². The van der Waals surface area contributed by atoms with E-state index in [0.717, 1.165) is 28.3 Å². The molecule has 3 aromatic rings. The molecule has 1 heterocycles. The summed E-state index contributed by atoms with van der Waals surface area (Å²) in [5, 5.41) is 13.7. The summed E-state index contributed by atoms with van der Waals surface area (Å²) in [7, 11) is 0. The highest BCUT2D eigenvalue weighted by Gasteiger charge is 2.19. The van der Waals surface area contributed by atoms with E-state index in [9.17, 15) is 9.90 Å². The van der Waals surface area contributed by atoms with Gasteiger partial charge in [0, 0.05) is 35.9 Å². The van der Waals surface area contributed by atoms with Crippen molar-refractivity contribution in [3.63, 3.8) is 0 Å². The quantitative estimate of drug-likeness (QED) is 0.497. The van der Waals surface area contributed by atoms with Gasteiger partial charge in [0.2, 0.25) is 0 Å². The topological polar surface area (TPSA) is 71.0 Å². The van der Waals surface area contributed by atoms with Crippen molar-refractivity contribution in [2.75, 3.05) is 36.5 Å². The Labute approximate surface area is 192 Å². The lowest BCUT2D eigenvalue weighted by Crippen LogP contribution is -2.37. The highest BCUT2D eigenvalue weighted by molar-refractivity contribution is 6.31. The molecule has 0 radical (unpaired) electrons. The van der Waals surface area contributed by atoms with Gasteiger partial charge in [0.15, 0.2) is 0 Å². The number of carboxylic acid groups (broad SMARTS) is 1. The monoisotopic (exact) mass is 452 g/mol. The number of aromatic carboxylic acids is 1. The van der Waals surface area contributed by atoms with Gasteiger partial charge in [-0.15, -0.1) is 0 Å². The predicted molar refractivity (Wildman–Crippen MR) is 126 cm³/mol. The van der Waals surface area contributed by atoms with E-state index in [1.807, 2.05) is 60.7 Å². The smallest absolute Gasteiger partial charge is 0.337 e. The maximum Gasteiger partial charge on any atom is 0.337 e. The van der Waals surface area contributed by atoms with Crippen LogP contribution >= 0.6 is 11.6 Å². The maximum absolute atomic E-state index is 11.8. The molecule has 0 saturated carbocycles. The van der Waals surface area contributed by atoms with Gasteiger partial charge in [-0.2, -0.15) is 0 Å². The van der Waals surface area contributed by atoms with Gasteiger partial charge >= 0.3 is 5.97 Å².